The van der Waals surface area contributed by atoms with Crippen LogP contribution in [-0.2, 0) is 54.2 Å². The molecule has 4 aliphatic heterocycles. The lowest BCUT2D eigenvalue weighted by Crippen LogP contribution is -2.61. The third-order valence-corrected chi connectivity index (χ3v) is 18.3. The smallest absolute Gasteiger partial charge is 0.407 e. The lowest BCUT2D eigenvalue weighted by atomic mass is 9.80. The normalized spacial score (nSPS) is 33.3. The van der Waals surface area contributed by atoms with E-state index in [1.807, 2.05) is 54.0 Å². The molecule has 1 saturated carbocycles. The molecule has 15 atom stereocenters. The lowest BCUT2D eigenvalue weighted by Gasteiger charge is -2.42. The van der Waals surface area contributed by atoms with Gasteiger partial charge in [-0.25, -0.2) is 29.5 Å². The number of piperidine rings is 1. The molecule has 0 radical (unpaired) electrons. The van der Waals surface area contributed by atoms with E-state index in [1.54, 1.807) is 47.3 Å². The van der Waals surface area contributed by atoms with E-state index in [0.29, 0.717) is 101 Å². The molecule has 2 aromatic rings. The number of fused-ring (bicyclic) bond motifs is 3. The van der Waals surface area contributed by atoms with Crippen LogP contribution in [0, 0.1) is 29.6 Å². The highest BCUT2D eigenvalue weighted by Gasteiger charge is 2.53. The van der Waals surface area contributed by atoms with Crippen molar-refractivity contribution in [2.24, 2.45) is 35.3 Å². The van der Waals surface area contributed by atoms with E-state index in [9.17, 15) is 48.9 Å². The van der Waals surface area contributed by atoms with E-state index in [2.05, 4.69) is 30.6 Å². The summed E-state index contributed by atoms with van der Waals surface area (Å²) in [6.07, 6.45) is 13.1. The van der Waals surface area contributed by atoms with Crippen molar-refractivity contribution in [1.29, 1.82) is 0 Å². The molecule has 2 bridgehead atoms. The standard InChI is InChI=1S/C65H94N10O15/c1-38-15-11-10-12-16-39(2)52(86-8)31-47-20-18-43(6)65(85,90-47)58(80)60(82)75-22-14-13-17-49(75)61(83)88-53(32-50(76)40(3)28-42(5)56(78)57(79)55(77)41(4)27-38)48(66)29-44-19-21-51(54(30-44)87-9)89-64(84)72-35-45-33-68-62(69-34-45)73-23-25-74(26-24-73)63-70-36-46(37-71-63)59(81)67-7/h10-12,15-16,28,33-34,36-38,40-41,43-44,47-49,51-54,56-57,78-79,85H,13-14,17-27,29-32,35,66H2,1-9H3,(H,67,81)(H,72,84)/b12-10+,15-11+,39-16+,42-28+/t38-,40-,41-,43-,44+,47+,48-,49+,51-,52+,53+,54-,56-,57+,65-/m1/s1. The van der Waals surface area contributed by atoms with E-state index < -0.39 is 120 Å². The van der Waals surface area contributed by atoms with Crippen LogP contribution in [-0.4, -0.2) is 196 Å². The summed E-state index contributed by atoms with van der Waals surface area (Å²) in [6.45, 7) is 12.8. The molecule has 494 valence electrons. The molecule has 2 aromatic heterocycles. The number of hydrogen-bond acceptors (Lipinski definition) is 22. The summed E-state index contributed by atoms with van der Waals surface area (Å²) in [7, 11) is 4.61. The summed E-state index contributed by atoms with van der Waals surface area (Å²) < 4.78 is 30.0. The molecule has 1 aliphatic carbocycles. The Morgan fingerprint density at radius 2 is 1.46 bits per heavy atom. The van der Waals surface area contributed by atoms with Crippen molar-refractivity contribution in [3.8, 4) is 0 Å². The van der Waals surface area contributed by atoms with Crippen LogP contribution in [0.2, 0.25) is 0 Å². The van der Waals surface area contributed by atoms with Gasteiger partial charge in [-0.15, -0.1) is 0 Å². The number of rotatable bonds is 11. The van der Waals surface area contributed by atoms with Gasteiger partial charge >= 0.3 is 12.1 Å². The summed E-state index contributed by atoms with van der Waals surface area (Å²) in [4.78, 5) is 119. The number of Topliss-reactive ketones (excluding diaryl/α,β-unsaturated/α-hetero) is 3. The maximum atomic E-state index is 14.6. The Bertz CT molecular complexity index is 2920. The molecule has 0 spiro atoms. The van der Waals surface area contributed by atoms with Gasteiger partial charge in [0.25, 0.3) is 17.6 Å². The monoisotopic (exact) mass is 1250 g/mol. The molecule has 4 fully saturated rings. The Morgan fingerprint density at radius 1 is 0.789 bits per heavy atom. The summed E-state index contributed by atoms with van der Waals surface area (Å²) in [6, 6.07) is -2.24. The number of carbonyl (C=O) groups is 7. The van der Waals surface area contributed by atoms with Gasteiger partial charge in [-0.2, -0.15) is 0 Å². The first-order chi connectivity index (χ1) is 42.9. The maximum Gasteiger partial charge on any atom is 0.407 e. The van der Waals surface area contributed by atoms with E-state index >= 15 is 0 Å². The minimum atomic E-state index is -2.50. The second kappa shape index (κ2) is 32.9. The van der Waals surface area contributed by atoms with Crippen LogP contribution in [0.15, 0.2) is 72.4 Å². The number of cyclic esters (lactones) is 1. The fourth-order valence-corrected chi connectivity index (χ4v) is 12.6. The molecule has 25 nitrogen and oxygen atoms in total. The SMILES string of the molecule is CNC(=O)c1cnc(N2CCN(c3ncc(CNC(=O)O[C@@H]4CC[C@@H](C[C@@H](N)[C@@H]5CC(=O)[C@H](C)/C=C(\C)[C@@H](O)[C@@H](O)C(=O)[C@H](C)C[C@H](C)/C=C/C=C/C=C(\C)[C@@H](OC)C[C@@H]6CC[C@@H](C)[C@@](O)(O6)C(=O)C(=O)N6CCCC[C@H]6C(=O)O5)C[C@H]4OC)cn3)CC2)nc1. The number of hydrogen-bond donors (Lipinski definition) is 6. The van der Waals surface area contributed by atoms with Gasteiger partial charge in [0.1, 0.15) is 36.2 Å². The van der Waals surface area contributed by atoms with Crippen molar-refractivity contribution in [2.45, 2.75) is 186 Å². The van der Waals surface area contributed by atoms with Crippen LogP contribution in [0.3, 0.4) is 0 Å². The van der Waals surface area contributed by atoms with Gasteiger partial charge in [-0.3, -0.25) is 24.0 Å². The van der Waals surface area contributed by atoms with Gasteiger partial charge in [-0.05, 0) is 101 Å². The van der Waals surface area contributed by atoms with Crippen LogP contribution in [0.25, 0.3) is 0 Å². The largest absolute Gasteiger partial charge is 0.459 e. The van der Waals surface area contributed by atoms with Crippen molar-refractivity contribution in [3.63, 3.8) is 0 Å². The van der Waals surface area contributed by atoms with Crippen LogP contribution in [0.1, 0.15) is 135 Å². The molecule has 3 amide bonds. The molecular weight excluding hydrogens is 1160 g/mol. The predicted molar refractivity (Wildman–Crippen MR) is 332 cm³/mol. The molecule has 25 heteroatoms. The number of ether oxygens (including phenoxy) is 5. The highest BCUT2D eigenvalue weighted by Crippen LogP contribution is 2.38. The fourth-order valence-electron chi connectivity index (χ4n) is 12.6. The topological polar surface area (TPSA) is 338 Å². The molecular formula is C65H94N10O15. The third-order valence-electron chi connectivity index (χ3n) is 18.3. The van der Waals surface area contributed by atoms with Gasteiger partial charge < -0.3 is 70.1 Å². The molecule has 7 rings (SSSR count). The number of aromatic nitrogens is 4. The number of anilines is 2. The highest BCUT2D eigenvalue weighted by molar-refractivity contribution is 6.39. The molecule has 5 aliphatic rings. The first-order valence-electron chi connectivity index (χ1n) is 31.6. The zero-order valence-electron chi connectivity index (χ0n) is 53.5. The average Bonchev–Trinajstić information content (AvgIpc) is 1.87. The van der Waals surface area contributed by atoms with Crippen LogP contribution < -0.4 is 26.2 Å². The van der Waals surface area contributed by atoms with E-state index in [4.69, 9.17) is 29.4 Å². The van der Waals surface area contributed by atoms with Gasteiger partial charge in [0.05, 0.1) is 23.9 Å². The van der Waals surface area contributed by atoms with E-state index in [0.717, 1.165) is 10.5 Å². The fraction of sp³-hybridized carbons (Fsp3) is 0.646. The summed E-state index contributed by atoms with van der Waals surface area (Å²) in [5, 5.41) is 39.8. The van der Waals surface area contributed by atoms with Crippen molar-refractivity contribution in [1.82, 2.24) is 35.5 Å². The van der Waals surface area contributed by atoms with Crippen molar-refractivity contribution in [3.05, 3.63) is 83.5 Å². The van der Waals surface area contributed by atoms with Crippen LogP contribution in [0.5, 0.6) is 0 Å². The van der Waals surface area contributed by atoms with Crippen molar-refractivity contribution < 1.29 is 72.6 Å². The first kappa shape index (κ1) is 70.6. The average molecular weight is 1260 g/mol. The zero-order valence-corrected chi connectivity index (χ0v) is 53.5. The van der Waals surface area contributed by atoms with Crippen molar-refractivity contribution >= 4 is 53.1 Å². The quantitative estimate of drug-likeness (QED) is 0.103. The van der Waals surface area contributed by atoms with Gasteiger partial charge in [0.15, 0.2) is 5.78 Å². The number of esters is 1. The maximum absolute atomic E-state index is 14.6. The Labute approximate surface area is 527 Å². The number of methoxy groups -OCH3 is 2. The van der Waals surface area contributed by atoms with Gasteiger partial charge in [-0.1, -0.05) is 64.2 Å². The minimum absolute atomic E-state index is 0.00267. The highest BCUT2D eigenvalue weighted by atomic mass is 16.6. The molecule has 7 N–H and O–H groups in total. The Balaban J connectivity index is 1.02. The summed E-state index contributed by atoms with van der Waals surface area (Å²) in [5.41, 5.74) is 9.04. The number of amides is 3. The van der Waals surface area contributed by atoms with Gasteiger partial charge in [0.2, 0.25) is 17.7 Å². The summed E-state index contributed by atoms with van der Waals surface area (Å²) in [5.74, 6) is -8.46. The van der Waals surface area contributed by atoms with E-state index in [1.165, 1.54) is 32.5 Å². The number of nitrogens with one attached hydrogen (secondary N) is 2. The lowest BCUT2D eigenvalue weighted by molar-refractivity contribution is -0.265. The first-order valence-corrected chi connectivity index (χ1v) is 31.6. The number of aliphatic hydroxyl groups is 3. The second-order valence-corrected chi connectivity index (χ2v) is 25.0. The molecule has 6 heterocycles. The van der Waals surface area contributed by atoms with Crippen molar-refractivity contribution in [2.75, 3.05) is 63.8 Å². The molecule has 90 heavy (non-hydrogen) atoms. The summed E-state index contributed by atoms with van der Waals surface area (Å²) >= 11 is 0. The number of carbonyl (C=O) groups excluding carboxylic acids is 7. The number of alkyl carbamates (subject to hydrolysis) is 1. The number of piperazine rings is 1. The zero-order chi connectivity index (χ0) is 65.4. The molecule has 0 unspecified atom stereocenters. The number of nitrogens with two attached hydrogens (primary N) is 1. The Kier molecular flexibility index (Phi) is 25.8. The number of ketones is 3. The Morgan fingerprint density at radius 3 is 2.10 bits per heavy atom. The number of allylic oxidation sites excluding steroid dienone is 6. The third kappa shape index (κ3) is 18.4. The second-order valence-electron chi connectivity index (χ2n) is 25.0. The molecule has 0 aromatic carbocycles. The van der Waals surface area contributed by atoms with E-state index in [-0.39, 0.29) is 55.7 Å². The molecule has 3 saturated heterocycles. The van der Waals surface area contributed by atoms with Gasteiger partial charge in [0, 0.05) is 128 Å². The van der Waals surface area contributed by atoms with Crippen LogP contribution >= 0.6 is 0 Å². The Hall–Kier alpha value is -6.87. The number of aliphatic hydroxyl groups excluding tert-OH is 2. The number of nitrogens with zero attached hydrogens (tertiary/aromatic N) is 7. The minimum Gasteiger partial charge on any atom is -0.459 e. The van der Waals surface area contributed by atoms with Crippen LogP contribution in [0.4, 0.5) is 16.7 Å². The predicted octanol–water partition coefficient (Wildman–Crippen LogP) is 4.42.